The minimum atomic E-state index is 0.119. The van der Waals surface area contributed by atoms with Crippen LogP contribution >= 0.6 is 27.3 Å². The van der Waals surface area contributed by atoms with Crippen molar-refractivity contribution >= 4 is 27.3 Å². The monoisotopic (exact) mass is 326 g/mol. The van der Waals surface area contributed by atoms with Crippen molar-refractivity contribution in [3.63, 3.8) is 0 Å². The molecule has 1 unspecified atom stereocenters. The van der Waals surface area contributed by atoms with Crippen LogP contribution in [0.15, 0.2) is 34.5 Å². The summed E-state index contributed by atoms with van der Waals surface area (Å²) in [6, 6.07) is 4.17. The van der Waals surface area contributed by atoms with Gasteiger partial charge >= 0.3 is 0 Å². The predicted molar refractivity (Wildman–Crippen MR) is 77.3 cm³/mol. The van der Waals surface area contributed by atoms with Crippen molar-refractivity contribution in [2.45, 2.75) is 12.6 Å². The van der Waals surface area contributed by atoms with E-state index >= 15 is 0 Å². The molecule has 18 heavy (non-hydrogen) atoms. The molecule has 2 rings (SSSR count). The lowest BCUT2D eigenvalue weighted by Crippen LogP contribution is -2.30. The van der Waals surface area contributed by atoms with E-state index < -0.39 is 0 Å². The molecule has 2 aromatic heterocycles. The van der Waals surface area contributed by atoms with E-state index in [9.17, 15) is 0 Å². The molecular weight excluding hydrogens is 312 g/mol. The molecule has 0 bridgehead atoms. The van der Waals surface area contributed by atoms with Gasteiger partial charge in [-0.05, 0) is 35.1 Å². The Balaban J connectivity index is 2.08. The van der Waals surface area contributed by atoms with E-state index in [1.807, 2.05) is 6.07 Å². The molecule has 0 amide bonds. The van der Waals surface area contributed by atoms with Gasteiger partial charge in [-0.2, -0.15) is 0 Å². The van der Waals surface area contributed by atoms with Crippen molar-refractivity contribution in [1.29, 1.82) is 0 Å². The molecule has 0 aliphatic rings. The molecule has 2 heterocycles. The summed E-state index contributed by atoms with van der Waals surface area (Å²) in [5.41, 5.74) is 6.82. The second-order valence-corrected chi connectivity index (χ2v) is 5.94. The lowest BCUT2D eigenvalue weighted by Gasteiger charge is -2.25. The zero-order valence-electron chi connectivity index (χ0n) is 10.1. The number of hydrogen-bond acceptors (Lipinski definition) is 5. The topological polar surface area (TPSA) is 55.0 Å². The maximum Gasteiger partial charge on any atom is 0.115 e. The number of thiophene rings is 1. The van der Waals surface area contributed by atoms with Crippen LogP contribution < -0.4 is 5.73 Å². The first-order valence-electron chi connectivity index (χ1n) is 5.60. The highest BCUT2D eigenvalue weighted by atomic mass is 79.9. The number of aromatic nitrogens is 2. The first-order chi connectivity index (χ1) is 8.70. The molecule has 6 heteroatoms. The van der Waals surface area contributed by atoms with Crippen LogP contribution in [0.25, 0.3) is 0 Å². The quantitative estimate of drug-likeness (QED) is 0.916. The predicted octanol–water partition coefficient (Wildman–Crippen LogP) is 2.43. The molecule has 1 atom stereocenters. The number of rotatable bonds is 5. The second-order valence-electron chi connectivity index (χ2n) is 4.03. The van der Waals surface area contributed by atoms with Gasteiger partial charge in [0.1, 0.15) is 6.33 Å². The minimum Gasteiger partial charge on any atom is -0.329 e. The van der Waals surface area contributed by atoms with Gasteiger partial charge in [0.2, 0.25) is 0 Å². The molecule has 0 saturated heterocycles. The average Bonchev–Trinajstić information content (AvgIpc) is 2.77. The third kappa shape index (κ3) is 3.35. The molecule has 2 aromatic rings. The average molecular weight is 327 g/mol. The number of nitrogens with two attached hydrogens (primary N) is 1. The second kappa shape index (κ2) is 6.38. The Hall–Kier alpha value is -0.820. The summed E-state index contributed by atoms with van der Waals surface area (Å²) in [4.78, 5) is 11.7. The first kappa shape index (κ1) is 13.6. The highest BCUT2D eigenvalue weighted by Gasteiger charge is 2.17. The van der Waals surface area contributed by atoms with Crippen molar-refractivity contribution < 1.29 is 0 Å². The molecular formula is C12H15BrN4S. The van der Waals surface area contributed by atoms with Gasteiger partial charge in [0.25, 0.3) is 0 Å². The molecule has 0 aromatic carbocycles. The van der Waals surface area contributed by atoms with E-state index in [1.54, 1.807) is 23.9 Å². The Morgan fingerprint density at radius 1 is 1.56 bits per heavy atom. The summed E-state index contributed by atoms with van der Waals surface area (Å²) in [5.74, 6) is 0. The van der Waals surface area contributed by atoms with Crippen LogP contribution in [0.5, 0.6) is 0 Å². The van der Waals surface area contributed by atoms with Crippen molar-refractivity contribution in [1.82, 2.24) is 14.9 Å². The smallest absolute Gasteiger partial charge is 0.115 e. The fourth-order valence-electron chi connectivity index (χ4n) is 1.82. The summed E-state index contributed by atoms with van der Waals surface area (Å²) in [5, 5.41) is 2.09. The van der Waals surface area contributed by atoms with Crippen LogP contribution in [0, 0.1) is 0 Å². The van der Waals surface area contributed by atoms with Gasteiger partial charge in [-0.1, -0.05) is 0 Å². The summed E-state index contributed by atoms with van der Waals surface area (Å²) in [6.07, 6.45) is 3.31. The molecule has 0 fully saturated rings. The third-order valence-corrected chi connectivity index (χ3v) is 4.41. The lowest BCUT2D eigenvalue weighted by molar-refractivity contribution is 0.239. The van der Waals surface area contributed by atoms with Crippen LogP contribution in [0.2, 0.25) is 0 Å². The molecule has 0 aliphatic heterocycles. The third-order valence-electron chi connectivity index (χ3n) is 2.73. The van der Waals surface area contributed by atoms with E-state index in [-0.39, 0.29) is 6.04 Å². The Kier molecular flexibility index (Phi) is 4.82. The van der Waals surface area contributed by atoms with E-state index in [4.69, 9.17) is 5.73 Å². The molecule has 0 spiro atoms. The standard InChI is InChI=1S/C12H15BrN4S/c1-17(6-10-4-9(13)7-18-10)12(5-14)11-2-3-15-8-16-11/h2-4,7-8,12H,5-6,14H2,1H3. The van der Waals surface area contributed by atoms with Gasteiger partial charge in [0.15, 0.2) is 0 Å². The van der Waals surface area contributed by atoms with Crippen molar-refractivity contribution in [2.75, 3.05) is 13.6 Å². The molecule has 96 valence electrons. The summed E-state index contributed by atoms with van der Waals surface area (Å²) < 4.78 is 1.13. The summed E-state index contributed by atoms with van der Waals surface area (Å²) in [7, 11) is 2.06. The Morgan fingerprint density at radius 3 is 2.94 bits per heavy atom. The first-order valence-corrected chi connectivity index (χ1v) is 7.27. The van der Waals surface area contributed by atoms with Crippen molar-refractivity contribution in [2.24, 2.45) is 5.73 Å². The van der Waals surface area contributed by atoms with Crippen LogP contribution in [0.1, 0.15) is 16.6 Å². The fourth-order valence-corrected chi connectivity index (χ4v) is 3.33. The number of hydrogen-bond donors (Lipinski definition) is 1. The Labute approximate surface area is 119 Å². The normalized spacial score (nSPS) is 12.9. The maximum atomic E-state index is 5.86. The van der Waals surface area contributed by atoms with E-state index in [1.165, 1.54) is 4.88 Å². The van der Waals surface area contributed by atoms with Gasteiger partial charge in [-0.25, -0.2) is 9.97 Å². The summed E-state index contributed by atoms with van der Waals surface area (Å²) >= 11 is 5.21. The largest absolute Gasteiger partial charge is 0.329 e. The van der Waals surface area contributed by atoms with Gasteiger partial charge in [0.05, 0.1) is 11.7 Å². The zero-order valence-corrected chi connectivity index (χ0v) is 12.5. The molecule has 0 saturated carbocycles. The van der Waals surface area contributed by atoms with Crippen LogP contribution in [0.3, 0.4) is 0 Å². The van der Waals surface area contributed by atoms with Gasteiger partial charge in [-0.15, -0.1) is 11.3 Å². The van der Waals surface area contributed by atoms with Gasteiger partial charge < -0.3 is 5.73 Å². The molecule has 0 aliphatic carbocycles. The molecule has 0 radical (unpaired) electrons. The Bertz CT molecular complexity index is 488. The SMILES string of the molecule is CN(Cc1cc(Br)cs1)C(CN)c1ccncn1. The van der Waals surface area contributed by atoms with Gasteiger partial charge in [0, 0.05) is 34.0 Å². The van der Waals surface area contributed by atoms with Crippen LogP contribution in [0.4, 0.5) is 0 Å². The number of likely N-dealkylation sites (N-methyl/N-ethyl adjacent to an activating group) is 1. The highest BCUT2D eigenvalue weighted by Crippen LogP contribution is 2.24. The Morgan fingerprint density at radius 2 is 2.39 bits per heavy atom. The molecule has 4 nitrogen and oxygen atoms in total. The number of nitrogens with zero attached hydrogens (tertiary/aromatic N) is 3. The van der Waals surface area contributed by atoms with Crippen LogP contribution in [-0.4, -0.2) is 28.5 Å². The zero-order chi connectivity index (χ0) is 13.0. The van der Waals surface area contributed by atoms with E-state index in [2.05, 4.69) is 49.3 Å². The van der Waals surface area contributed by atoms with E-state index in [0.717, 1.165) is 16.7 Å². The summed E-state index contributed by atoms with van der Waals surface area (Å²) in [6.45, 7) is 1.40. The van der Waals surface area contributed by atoms with Crippen molar-refractivity contribution in [3.8, 4) is 0 Å². The molecule has 2 N–H and O–H groups in total. The lowest BCUT2D eigenvalue weighted by atomic mass is 10.1. The minimum absolute atomic E-state index is 0.119. The fraction of sp³-hybridized carbons (Fsp3) is 0.333. The number of halogens is 1. The highest BCUT2D eigenvalue weighted by molar-refractivity contribution is 9.10. The maximum absolute atomic E-state index is 5.86. The van der Waals surface area contributed by atoms with Gasteiger partial charge in [-0.3, -0.25) is 4.90 Å². The van der Waals surface area contributed by atoms with Crippen molar-refractivity contribution in [3.05, 3.63) is 45.1 Å². The van der Waals surface area contributed by atoms with Crippen LogP contribution in [-0.2, 0) is 6.54 Å². The van der Waals surface area contributed by atoms with E-state index in [0.29, 0.717) is 6.54 Å².